The van der Waals surface area contributed by atoms with E-state index in [1.165, 1.54) is 18.9 Å². The minimum absolute atomic E-state index is 0.00259. The molecule has 0 radical (unpaired) electrons. The van der Waals surface area contributed by atoms with Gasteiger partial charge in [0.15, 0.2) is 5.16 Å². The summed E-state index contributed by atoms with van der Waals surface area (Å²) in [6, 6.07) is 4.73. The molecule has 7 nitrogen and oxygen atoms in total. The van der Waals surface area contributed by atoms with Gasteiger partial charge in [0.05, 0.1) is 29.3 Å². The highest BCUT2D eigenvalue weighted by Gasteiger charge is 2.17. The van der Waals surface area contributed by atoms with Crippen LogP contribution in [0, 0.1) is 5.92 Å². The highest BCUT2D eigenvalue weighted by Crippen LogP contribution is 2.20. The van der Waals surface area contributed by atoms with Gasteiger partial charge in [-0.3, -0.25) is 14.2 Å². The highest BCUT2D eigenvalue weighted by molar-refractivity contribution is 7.99. The Hall–Kier alpha value is -2.35. The first-order chi connectivity index (χ1) is 13.8. The molecule has 1 heterocycles. The van der Waals surface area contributed by atoms with Gasteiger partial charge in [-0.05, 0) is 30.5 Å². The van der Waals surface area contributed by atoms with Crippen molar-refractivity contribution in [2.45, 2.75) is 45.3 Å². The van der Waals surface area contributed by atoms with Crippen LogP contribution in [0.2, 0.25) is 0 Å². The van der Waals surface area contributed by atoms with Gasteiger partial charge in [0.25, 0.3) is 5.56 Å². The molecule has 0 aliphatic carbocycles. The summed E-state index contributed by atoms with van der Waals surface area (Å²) in [5, 5.41) is 0.921. The van der Waals surface area contributed by atoms with Gasteiger partial charge in [0.1, 0.15) is 0 Å². The minimum Gasteiger partial charge on any atom is -0.465 e. The highest BCUT2D eigenvalue weighted by atomic mass is 32.2. The normalized spacial score (nSPS) is 11.1. The fraction of sp³-hybridized carbons (Fsp3) is 0.524. The minimum atomic E-state index is -0.484. The SMILES string of the molecule is CCCCN(C)C(=O)CSc1nc2cc(C(=O)OC)ccc2c(=O)n1CC(C)C. The lowest BCUT2D eigenvalue weighted by Crippen LogP contribution is -2.30. The van der Waals surface area contributed by atoms with E-state index >= 15 is 0 Å². The first kappa shape index (κ1) is 22.9. The molecule has 0 saturated carbocycles. The van der Waals surface area contributed by atoms with E-state index in [-0.39, 0.29) is 23.1 Å². The molecule has 0 bridgehead atoms. The largest absolute Gasteiger partial charge is 0.465 e. The first-order valence-corrected chi connectivity index (χ1v) is 10.8. The van der Waals surface area contributed by atoms with Gasteiger partial charge < -0.3 is 9.64 Å². The molecule has 0 aliphatic heterocycles. The third-order valence-corrected chi connectivity index (χ3v) is 5.45. The number of unbranched alkanes of at least 4 members (excludes halogenated alkanes) is 1. The maximum absolute atomic E-state index is 13.1. The van der Waals surface area contributed by atoms with E-state index in [0.717, 1.165) is 12.8 Å². The second kappa shape index (κ2) is 10.4. The van der Waals surface area contributed by atoms with Gasteiger partial charge in [0, 0.05) is 20.1 Å². The third-order valence-electron chi connectivity index (χ3n) is 4.49. The Labute approximate surface area is 175 Å². The summed E-state index contributed by atoms with van der Waals surface area (Å²) >= 11 is 1.25. The number of nitrogens with zero attached hydrogens (tertiary/aromatic N) is 3. The number of fused-ring (bicyclic) bond motifs is 1. The monoisotopic (exact) mass is 419 g/mol. The molecule has 0 fully saturated rings. The summed E-state index contributed by atoms with van der Waals surface area (Å²) in [6.07, 6.45) is 1.98. The molecule has 0 spiro atoms. The zero-order valence-corrected chi connectivity index (χ0v) is 18.5. The van der Waals surface area contributed by atoms with Crippen molar-refractivity contribution >= 4 is 34.5 Å². The van der Waals surface area contributed by atoms with Crippen LogP contribution in [0.15, 0.2) is 28.2 Å². The van der Waals surface area contributed by atoms with Crippen LogP contribution in [0.3, 0.4) is 0 Å². The molecule has 0 N–H and O–H groups in total. The average Bonchev–Trinajstić information content (AvgIpc) is 2.71. The van der Waals surface area contributed by atoms with E-state index in [1.807, 2.05) is 13.8 Å². The lowest BCUT2D eigenvalue weighted by atomic mass is 10.1. The van der Waals surface area contributed by atoms with Crippen molar-refractivity contribution in [1.29, 1.82) is 0 Å². The third kappa shape index (κ3) is 5.82. The van der Waals surface area contributed by atoms with Crippen LogP contribution in [-0.2, 0) is 16.1 Å². The maximum atomic E-state index is 13.1. The lowest BCUT2D eigenvalue weighted by Gasteiger charge is -2.18. The number of methoxy groups -OCH3 is 1. The summed E-state index contributed by atoms with van der Waals surface area (Å²) in [6.45, 7) is 7.34. The van der Waals surface area contributed by atoms with Gasteiger partial charge in [0.2, 0.25) is 5.91 Å². The second-order valence-corrected chi connectivity index (χ2v) is 8.33. The van der Waals surface area contributed by atoms with Crippen LogP contribution in [0.1, 0.15) is 44.0 Å². The Bertz CT molecular complexity index is 939. The summed E-state index contributed by atoms with van der Waals surface area (Å²) in [5.74, 6) is -0.0461. The Balaban J connectivity index is 2.40. The lowest BCUT2D eigenvalue weighted by molar-refractivity contribution is -0.127. The summed E-state index contributed by atoms with van der Waals surface area (Å²) < 4.78 is 6.37. The average molecular weight is 420 g/mol. The molecule has 8 heteroatoms. The van der Waals surface area contributed by atoms with Crippen LogP contribution in [0.4, 0.5) is 0 Å². The number of aromatic nitrogens is 2. The number of hydrogen-bond donors (Lipinski definition) is 0. The van der Waals surface area contributed by atoms with Gasteiger partial charge in [-0.1, -0.05) is 39.0 Å². The fourth-order valence-electron chi connectivity index (χ4n) is 2.84. The van der Waals surface area contributed by atoms with Crippen LogP contribution >= 0.6 is 11.8 Å². The number of rotatable bonds is 9. The number of ether oxygens (including phenoxy) is 1. The van der Waals surface area contributed by atoms with Gasteiger partial charge in [-0.25, -0.2) is 9.78 Å². The van der Waals surface area contributed by atoms with Crippen molar-refractivity contribution in [3.63, 3.8) is 0 Å². The molecule has 29 heavy (non-hydrogen) atoms. The molecule has 0 unspecified atom stereocenters. The number of carbonyl (C=O) groups is 2. The van der Waals surface area contributed by atoms with Crippen LogP contribution in [-0.4, -0.2) is 52.8 Å². The van der Waals surface area contributed by atoms with Crippen LogP contribution in [0.5, 0.6) is 0 Å². The van der Waals surface area contributed by atoms with Crippen LogP contribution < -0.4 is 5.56 Å². The second-order valence-electron chi connectivity index (χ2n) is 7.39. The zero-order valence-electron chi connectivity index (χ0n) is 17.7. The van der Waals surface area contributed by atoms with E-state index in [4.69, 9.17) is 4.74 Å². The number of benzene rings is 1. The van der Waals surface area contributed by atoms with Gasteiger partial charge in [-0.2, -0.15) is 0 Å². The Morgan fingerprint density at radius 1 is 1.31 bits per heavy atom. The van der Waals surface area contributed by atoms with Crippen molar-refractivity contribution in [3.05, 3.63) is 34.1 Å². The molecule has 1 aromatic carbocycles. The first-order valence-electron chi connectivity index (χ1n) is 9.78. The zero-order chi connectivity index (χ0) is 21.6. The van der Waals surface area contributed by atoms with Gasteiger partial charge in [-0.15, -0.1) is 0 Å². The summed E-state index contributed by atoms with van der Waals surface area (Å²) in [5.41, 5.74) is 0.585. The number of thioether (sulfide) groups is 1. The van der Waals surface area contributed by atoms with Gasteiger partial charge >= 0.3 is 5.97 Å². The maximum Gasteiger partial charge on any atom is 0.337 e. The van der Waals surface area contributed by atoms with Crippen LogP contribution in [0.25, 0.3) is 10.9 Å². The Morgan fingerprint density at radius 2 is 2.03 bits per heavy atom. The van der Waals surface area contributed by atoms with E-state index in [2.05, 4.69) is 11.9 Å². The Kier molecular flexibility index (Phi) is 8.25. The van der Waals surface area contributed by atoms with Crippen molar-refractivity contribution in [1.82, 2.24) is 14.5 Å². The Morgan fingerprint density at radius 3 is 2.66 bits per heavy atom. The molecule has 0 saturated heterocycles. The van der Waals surface area contributed by atoms with Crippen molar-refractivity contribution in [2.24, 2.45) is 5.92 Å². The molecule has 0 aliphatic rings. The number of amides is 1. The summed E-state index contributed by atoms with van der Waals surface area (Å²) in [4.78, 5) is 43.6. The topological polar surface area (TPSA) is 81.5 Å². The predicted octanol–water partition coefficient (Wildman–Crippen LogP) is 3.19. The molecule has 1 amide bonds. The smallest absolute Gasteiger partial charge is 0.337 e. The molecule has 2 aromatic rings. The molecular weight excluding hydrogens is 390 g/mol. The predicted molar refractivity (Wildman–Crippen MR) is 115 cm³/mol. The quantitative estimate of drug-likeness (QED) is 0.353. The fourth-order valence-corrected chi connectivity index (χ4v) is 3.79. The van der Waals surface area contributed by atoms with E-state index in [1.54, 1.807) is 34.7 Å². The molecule has 1 aromatic heterocycles. The number of hydrogen-bond acceptors (Lipinski definition) is 6. The molecule has 0 atom stereocenters. The van der Waals surface area contributed by atoms with Crippen molar-refractivity contribution < 1.29 is 14.3 Å². The molecular formula is C21H29N3O4S. The molecule has 2 rings (SSSR count). The number of carbonyl (C=O) groups excluding carboxylic acids is 2. The standard InChI is InChI=1S/C21H29N3O4S/c1-6-7-10-23(4)18(25)13-29-21-22-17-11-15(20(27)28-5)8-9-16(17)19(26)24(21)12-14(2)3/h8-9,11,14H,6-7,10,12-13H2,1-5H3. The van der Waals surface area contributed by atoms with E-state index < -0.39 is 5.97 Å². The van der Waals surface area contributed by atoms with E-state index in [0.29, 0.717) is 34.7 Å². The van der Waals surface area contributed by atoms with Crippen molar-refractivity contribution in [3.8, 4) is 0 Å². The van der Waals surface area contributed by atoms with E-state index in [9.17, 15) is 14.4 Å². The summed E-state index contributed by atoms with van der Waals surface area (Å²) in [7, 11) is 3.10. The molecule has 158 valence electrons. The van der Waals surface area contributed by atoms with Crippen molar-refractivity contribution in [2.75, 3.05) is 26.5 Å². The number of esters is 1.